The van der Waals surface area contributed by atoms with E-state index in [9.17, 15) is 13.2 Å². The maximum atomic E-state index is 13.3. The van der Waals surface area contributed by atoms with Gasteiger partial charge in [0.25, 0.3) is 0 Å². The average Bonchev–Trinajstić information content (AvgIpc) is 3.45. The van der Waals surface area contributed by atoms with Crippen LogP contribution in [0.1, 0.15) is 49.7 Å². The molecule has 0 radical (unpaired) electrons. The molecule has 0 bridgehead atoms. The molecule has 2 aliphatic carbocycles. The third kappa shape index (κ3) is 4.27. The lowest BCUT2D eigenvalue weighted by atomic mass is 9.91. The molecule has 3 fully saturated rings. The van der Waals surface area contributed by atoms with Gasteiger partial charge < -0.3 is 10.1 Å². The van der Waals surface area contributed by atoms with Crippen molar-refractivity contribution in [1.29, 1.82) is 0 Å². The molecule has 5 heteroatoms. The highest BCUT2D eigenvalue weighted by Crippen LogP contribution is 2.53. The monoisotopic (exact) mass is 327 g/mol. The second-order valence-electron chi connectivity index (χ2n) is 6.73. The maximum Gasteiger partial charge on any atom is 0.248 e. The molecule has 0 atom stereocenters. The summed E-state index contributed by atoms with van der Waals surface area (Å²) in [5.41, 5.74) is 0.320. The van der Waals surface area contributed by atoms with E-state index >= 15 is 0 Å². The van der Waals surface area contributed by atoms with Crippen LogP contribution in [0.5, 0.6) is 0 Å². The van der Waals surface area contributed by atoms with Crippen LogP contribution in [0, 0.1) is 5.82 Å². The number of hydrogen-bond donors (Lipinski definition) is 1. The molecule has 2 saturated carbocycles. The summed E-state index contributed by atoms with van der Waals surface area (Å²) in [7, 11) is 0. The summed E-state index contributed by atoms with van der Waals surface area (Å²) in [6.07, 6.45) is 3.47. The molecule has 2 nitrogen and oxygen atoms in total. The Bertz CT molecular complexity index is 515. The van der Waals surface area contributed by atoms with Crippen LogP contribution in [-0.2, 0) is 16.7 Å². The van der Waals surface area contributed by atoms with Crippen LogP contribution in [0.3, 0.4) is 0 Å². The van der Waals surface area contributed by atoms with Crippen LogP contribution >= 0.6 is 0 Å². The predicted octanol–water partition coefficient (Wildman–Crippen LogP) is 4.17. The molecule has 1 aliphatic heterocycles. The summed E-state index contributed by atoms with van der Waals surface area (Å²) in [5.74, 6) is -0.351. The number of alkyl halides is 2. The van der Waals surface area contributed by atoms with Crippen LogP contribution in [0.15, 0.2) is 18.2 Å². The number of rotatable bonds is 5. The van der Waals surface area contributed by atoms with Crippen molar-refractivity contribution in [3.05, 3.63) is 35.1 Å². The van der Waals surface area contributed by atoms with Gasteiger partial charge in [-0.25, -0.2) is 13.2 Å². The molecule has 0 spiro atoms. The molecular weight excluding hydrogens is 303 g/mol. The topological polar surface area (TPSA) is 21.3 Å². The standard InChI is InChI=1S/C14H16F3N.C4H8O/c15-10-1-4-12(14(5-6-14)13(16)17)9(7-10)8-18-11-2-3-11;1-2-4-5-3-1/h1,4,7,11,13,18H,2-3,5-6,8H2;1-4H2. The number of hydrogen-bond acceptors (Lipinski definition) is 2. The Morgan fingerprint density at radius 1 is 1.17 bits per heavy atom. The van der Waals surface area contributed by atoms with Crippen molar-refractivity contribution in [1.82, 2.24) is 5.32 Å². The summed E-state index contributed by atoms with van der Waals surface area (Å²) >= 11 is 0. The molecule has 1 aromatic rings. The predicted molar refractivity (Wildman–Crippen MR) is 83.2 cm³/mol. The van der Waals surface area contributed by atoms with Gasteiger partial charge in [0, 0.05) is 25.8 Å². The number of nitrogens with one attached hydrogen (secondary N) is 1. The molecule has 0 aromatic heterocycles. The Kier molecular flexibility index (Phi) is 5.27. The Hall–Kier alpha value is -1.07. The first-order valence-electron chi connectivity index (χ1n) is 8.50. The Morgan fingerprint density at radius 3 is 2.35 bits per heavy atom. The van der Waals surface area contributed by atoms with Gasteiger partial charge in [-0.3, -0.25) is 0 Å². The minimum atomic E-state index is -2.36. The van der Waals surface area contributed by atoms with Crippen LogP contribution in [0.25, 0.3) is 0 Å². The number of halogens is 3. The Balaban J connectivity index is 0.000000267. The van der Waals surface area contributed by atoms with E-state index in [1.54, 1.807) is 6.07 Å². The van der Waals surface area contributed by atoms with Crippen molar-refractivity contribution in [2.75, 3.05) is 13.2 Å². The van der Waals surface area contributed by atoms with Gasteiger partial charge in [-0.1, -0.05) is 6.07 Å². The second kappa shape index (κ2) is 7.22. The molecule has 1 N–H and O–H groups in total. The van der Waals surface area contributed by atoms with Crippen molar-refractivity contribution in [2.24, 2.45) is 0 Å². The lowest BCUT2D eigenvalue weighted by molar-refractivity contribution is 0.101. The molecular formula is C18H24F3NO. The highest BCUT2D eigenvalue weighted by atomic mass is 19.3. The summed E-state index contributed by atoms with van der Waals surface area (Å²) in [4.78, 5) is 0. The first-order valence-corrected chi connectivity index (χ1v) is 8.50. The number of benzene rings is 1. The summed E-state index contributed by atoms with van der Waals surface area (Å²) in [6.45, 7) is 2.49. The first kappa shape index (κ1) is 16.8. The molecule has 3 aliphatic rings. The molecule has 4 rings (SSSR count). The molecule has 128 valence electrons. The maximum absolute atomic E-state index is 13.3. The van der Waals surface area contributed by atoms with Crippen molar-refractivity contribution in [2.45, 2.75) is 63.0 Å². The van der Waals surface area contributed by atoms with Crippen molar-refractivity contribution >= 4 is 0 Å². The molecule has 23 heavy (non-hydrogen) atoms. The van der Waals surface area contributed by atoms with E-state index in [0.29, 0.717) is 36.6 Å². The minimum Gasteiger partial charge on any atom is -0.381 e. The third-order valence-corrected chi connectivity index (χ3v) is 4.80. The van der Waals surface area contributed by atoms with E-state index < -0.39 is 11.8 Å². The first-order chi connectivity index (χ1) is 11.1. The number of ether oxygens (including phenoxy) is 1. The zero-order valence-electron chi connectivity index (χ0n) is 13.3. The fourth-order valence-electron chi connectivity index (χ4n) is 2.99. The van der Waals surface area contributed by atoms with E-state index in [1.165, 1.54) is 25.0 Å². The fourth-order valence-corrected chi connectivity index (χ4v) is 2.99. The lowest BCUT2D eigenvalue weighted by Gasteiger charge is -2.19. The summed E-state index contributed by atoms with van der Waals surface area (Å²) < 4.78 is 44.5. The molecule has 0 amide bonds. The summed E-state index contributed by atoms with van der Waals surface area (Å²) in [6, 6.07) is 4.71. The van der Waals surface area contributed by atoms with Crippen LogP contribution < -0.4 is 5.32 Å². The van der Waals surface area contributed by atoms with Crippen LogP contribution in [-0.4, -0.2) is 25.7 Å². The zero-order valence-corrected chi connectivity index (χ0v) is 13.3. The highest BCUT2D eigenvalue weighted by molar-refractivity contribution is 5.40. The van der Waals surface area contributed by atoms with E-state index in [4.69, 9.17) is 4.74 Å². The fraction of sp³-hybridized carbons (Fsp3) is 0.667. The van der Waals surface area contributed by atoms with Crippen LogP contribution in [0.2, 0.25) is 0 Å². The molecule has 1 aromatic carbocycles. The quantitative estimate of drug-likeness (QED) is 0.876. The van der Waals surface area contributed by atoms with Gasteiger partial charge in [0.2, 0.25) is 6.43 Å². The SMILES string of the molecule is C1CCOC1.Fc1ccc(C2(C(F)F)CC2)c(CNC2CC2)c1. The minimum absolute atomic E-state index is 0.351. The van der Waals surface area contributed by atoms with Crippen molar-refractivity contribution in [3.63, 3.8) is 0 Å². The van der Waals surface area contributed by atoms with Gasteiger partial charge in [-0.05, 0) is 61.8 Å². The van der Waals surface area contributed by atoms with Gasteiger partial charge in [0.15, 0.2) is 0 Å². The van der Waals surface area contributed by atoms with Crippen LogP contribution in [0.4, 0.5) is 13.2 Å². The molecule has 0 unspecified atom stereocenters. The lowest BCUT2D eigenvalue weighted by Crippen LogP contribution is -2.23. The van der Waals surface area contributed by atoms with Gasteiger partial charge in [0.05, 0.1) is 5.41 Å². The van der Waals surface area contributed by atoms with E-state index in [0.717, 1.165) is 26.1 Å². The Morgan fingerprint density at radius 2 is 1.87 bits per heavy atom. The smallest absolute Gasteiger partial charge is 0.248 e. The molecule has 1 heterocycles. The highest BCUT2D eigenvalue weighted by Gasteiger charge is 2.53. The zero-order chi connectivity index (χ0) is 16.3. The van der Waals surface area contributed by atoms with Gasteiger partial charge in [-0.2, -0.15) is 0 Å². The van der Waals surface area contributed by atoms with Crippen molar-refractivity contribution < 1.29 is 17.9 Å². The average molecular weight is 327 g/mol. The van der Waals surface area contributed by atoms with Gasteiger partial charge >= 0.3 is 0 Å². The summed E-state index contributed by atoms with van der Waals surface area (Å²) in [5, 5.41) is 3.27. The molecule has 1 saturated heterocycles. The largest absolute Gasteiger partial charge is 0.381 e. The Labute approximate surface area is 135 Å². The van der Waals surface area contributed by atoms with Gasteiger partial charge in [-0.15, -0.1) is 0 Å². The van der Waals surface area contributed by atoms with E-state index in [1.807, 2.05) is 0 Å². The van der Waals surface area contributed by atoms with Crippen molar-refractivity contribution in [3.8, 4) is 0 Å². The van der Waals surface area contributed by atoms with E-state index in [2.05, 4.69) is 5.32 Å². The second-order valence-corrected chi connectivity index (χ2v) is 6.73. The van der Waals surface area contributed by atoms with Gasteiger partial charge in [0.1, 0.15) is 5.82 Å². The van der Waals surface area contributed by atoms with E-state index in [-0.39, 0.29) is 5.82 Å². The third-order valence-electron chi connectivity index (χ3n) is 4.80. The normalized spacial score (nSPS) is 21.9.